The van der Waals surface area contributed by atoms with E-state index in [1.54, 1.807) is 0 Å². The van der Waals surface area contributed by atoms with Crippen LogP contribution in [0.2, 0.25) is 5.02 Å². The van der Waals surface area contributed by atoms with Crippen LogP contribution in [-0.4, -0.2) is 5.84 Å². The predicted octanol–water partition coefficient (Wildman–Crippen LogP) is 3.35. The number of hydrogen-bond acceptors (Lipinski definition) is 2. The number of amidine groups is 1. The lowest BCUT2D eigenvalue weighted by Crippen LogP contribution is -2.22. The Bertz CT molecular complexity index is 591. The Kier molecular flexibility index (Phi) is 4.07. The Morgan fingerprint density at radius 2 is 1.89 bits per heavy atom. The molecule has 0 bridgehead atoms. The van der Waals surface area contributed by atoms with Crippen LogP contribution in [-0.2, 0) is 6.54 Å². The van der Waals surface area contributed by atoms with E-state index in [0.29, 0.717) is 17.4 Å². The number of halogens is 1. The fraction of sp³-hybridized carbons (Fsp3) is 0.133. The van der Waals surface area contributed by atoms with Gasteiger partial charge >= 0.3 is 0 Å². The smallest absolute Gasteiger partial charge is 0.125 e. The van der Waals surface area contributed by atoms with Crippen LogP contribution in [0.15, 0.2) is 42.5 Å². The summed E-state index contributed by atoms with van der Waals surface area (Å²) in [6.45, 7) is 2.53. The van der Waals surface area contributed by atoms with Gasteiger partial charge in [-0.2, -0.15) is 0 Å². The van der Waals surface area contributed by atoms with E-state index in [-0.39, 0.29) is 0 Å². The third-order valence-electron chi connectivity index (χ3n) is 2.94. The minimum atomic E-state index is 0.387. The minimum absolute atomic E-state index is 0.387. The number of nitrogens with two attached hydrogens (primary N) is 1. The zero-order valence-corrected chi connectivity index (χ0v) is 11.5. The van der Waals surface area contributed by atoms with Gasteiger partial charge in [-0.05, 0) is 48.4 Å². The first kappa shape index (κ1) is 13.4. The molecule has 0 fully saturated rings. The summed E-state index contributed by atoms with van der Waals surface area (Å²) in [4.78, 5) is 0. The maximum atomic E-state index is 8.01. The van der Waals surface area contributed by atoms with Gasteiger partial charge < -0.3 is 11.1 Å². The van der Waals surface area contributed by atoms with Gasteiger partial charge in [-0.1, -0.05) is 23.7 Å². The van der Waals surface area contributed by atoms with Crippen LogP contribution >= 0.6 is 11.6 Å². The Morgan fingerprint density at radius 3 is 2.53 bits per heavy atom. The lowest BCUT2D eigenvalue weighted by molar-refractivity contribution is 0.908. The van der Waals surface area contributed by atoms with Crippen molar-refractivity contribution in [3.63, 3.8) is 0 Å². The van der Waals surface area contributed by atoms with Gasteiger partial charge in [0.05, 0.1) is 0 Å². The van der Waals surface area contributed by atoms with Crippen molar-refractivity contribution in [1.29, 1.82) is 5.41 Å². The van der Waals surface area contributed by atoms with Gasteiger partial charge in [0.15, 0.2) is 0 Å². The van der Waals surface area contributed by atoms with Gasteiger partial charge in [0.25, 0.3) is 0 Å². The highest BCUT2D eigenvalue weighted by Gasteiger charge is 2.03. The summed E-state index contributed by atoms with van der Waals surface area (Å²) in [5.41, 5.74) is 9.41. The average Bonchev–Trinajstić information content (AvgIpc) is 2.41. The molecule has 19 heavy (non-hydrogen) atoms. The van der Waals surface area contributed by atoms with E-state index in [0.717, 1.165) is 22.4 Å². The maximum absolute atomic E-state index is 8.01. The zero-order valence-electron chi connectivity index (χ0n) is 10.7. The van der Waals surface area contributed by atoms with Gasteiger partial charge in [-0.15, -0.1) is 0 Å². The fourth-order valence-electron chi connectivity index (χ4n) is 1.73. The van der Waals surface area contributed by atoms with Crippen LogP contribution in [0.1, 0.15) is 16.7 Å². The first-order chi connectivity index (χ1) is 9.06. The topological polar surface area (TPSA) is 61.9 Å². The van der Waals surface area contributed by atoms with Gasteiger partial charge in [0.1, 0.15) is 5.84 Å². The molecule has 0 aromatic heterocycles. The van der Waals surface area contributed by atoms with E-state index < -0.39 is 0 Å². The number of aryl methyl sites for hydroxylation is 1. The molecule has 4 heteroatoms. The summed E-state index contributed by atoms with van der Waals surface area (Å²) < 4.78 is 0. The molecule has 2 rings (SSSR count). The van der Waals surface area contributed by atoms with E-state index in [9.17, 15) is 0 Å². The molecule has 0 aliphatic rings. The van der Waals surface area contributed by atoms with Crippen molar-refractivity contribution < 1.29 is 0 Å². The second-order valence-corrected chi connectivity index (χ2v) is 4.86. The Labute approximate surface area is 117 Å². The normalized spacial score (nSPS) is 10.2. The molecule has 0 aliphatic carbocycles. The van der Waals surface area contributed by atoms with E-state index in [1.807, 2.05) is 49.4 Å². The molecule has 0 radical (unpaired) electrons. The summed E-state index contributed by atoms with van der Waals surface area (Å²) in [7, 11) is 0. The predicted molar refractivity (Wildman–Crippen MR) is 80.7 cm³/mol. The second-order valence-electron chi connectivity index (χ2n) is 4.43. The molecule has 0 unspecified atom stereocenters. The Hall–Kier alpha value is -2.00. The third kappa shape index (κ3) is 3.48. The third-order valence-corrected chi connectivity index (χ3v) is 3.19. The molecule has 98 valence electrons. The van der Waals surface area contributed by atoms with Gasteiger partial charge in [-0.25, -0.2) is 0 Å². The van der Waals surface area contributed by atoms with Crippen LogP contribution in [0.3, 0.4) is 0 Å². The second kappa shape index (κ2) is 5.76. The summed E-state index contributed by atoms with van der Waals surface area (Å²) in [6, 6.07) is 13.1. The standard InChI is InChI=1S/C15H16ClN3/c1-10-8-12(4-7-14(10)17)15(18)19-9-11-2-5-13(16)6-3-11/h2-8H,9,17H2,1H3,(H2,18,19). The average molecular weight is 274 g/mol. The van der Waals surface area contributed by atoms with Crippen molar-refractivity contribution >= 4 is 23.1 Å². The quantitative estimate of drug-likeness (QED) is 0.456. The molecule has 0 aliphatic heterocycles. The molecule has 4 N–H and O–H groups in total. The first-order valence-corrected chi connectivity index (χ1v) is 6.37. The van der Waals surface area contributed by atoms with Crippen LogP contribution in [0, 0.1) is 12.3 Å². The molecule has 0 amide bonds. The minimum Gasteiger partial charge on any atom is -0.399 e. The SMILES string of the molecule is Cc1cc(C(=N)NCc2ccc(Cl)cc2)ccc1N. The highest BCUT2D eigenvalue weighted by atomic mass is 35.5. The number of benzene rings is 2. The van der Waals surface area contributed by atoms with Crippen molar-refractivity contribution in [1.82, 2.24) is 5.32 Å². The first-order valence-electron chi connectivity index (χ1n) is 5.99. The largest absolute Gasteiger partial charge is 0.399 e. The van der Waals surface area contributed by atoms with Crippen molar-refractivity contribution in [2.24, 2.45) is 0 Å². The molecule has 0 saturated carbocycles. The summed E-state index contributed by atoms with van der Waals surface area (Å²) >= 11 is 5.83. The molecule has 0 atom stereocenters. The van der Waals surface area contributed by atoms with Gasteiger partial charge in [0.2, 0.25) is 0 Å². The lowest BCUT2D eigenvalue weighted by atomic mass is 10.1. The van der Waals surface area contributed by atoms with Crippen molar-refractivity contribution in [3.8, 4) is 0 Å². The van der Waals surface area contributed by atoms with Crippen molar-refractivity contribution in [3.05, 3.63) is 64.2 Å². The van der Waals surface area contributed by atoms with Crippen LogP contribution in [0.4, 0.5) is 5.69 Å². The number of rotatable bonds is 3. The van der Waals surface area contributed by atoms with Gasteiger partial charge in [0, 0.05) is 22.8 Å². The maximum Gasteiger partial charge on any atom is 0.125 e. The van der Waals surface area contributed by atoms with E-state index in [2.05, 4.69) is 5.32 Å². The molecular formula is C15H16ClN3. The molecule has 0 spiro atoms. The zero-order chi connectivity index (χ0) is 13.8. The number of hydrogen-bond donors (Lipinski definition) is 3. The number of nitrogens with one attached hydrogen (secondary N) is 2. The fourth-order valence-corrected chi connectivity index (χ4v) is 1.85. The molecule has 3 nitrogen and oxygen atoms in total. The van der Waals surface area contributed by atoms with E-state index >= 15 is 0 Å². The molecule has 0 saturated heterocycles. The van der Waals surface area contributed by atoms with Crippen molar-refractivity contribution in [2.45, 2.75) is 13.5 Å². The lowest BCUT2D eigenvalue weighted by Gasteiger charge is -2.10. The summed E-state index contributed by atoms with van der Waals surface area (Å²) in [5.74, 6) is 0.387. The number of anilines is 1. The van der Waals surface area contributed by atoms with Crippen LogP contribution in [0.5, 0.6) is 0 Å². The van der Waals surface area contributed by atoms with Crippen molar-refractivity contribution in [2.75, 3.05) is 5.73 Å². The van der Waals surface area contributed by atoms with Gasteiger partial charge in [-0.3, -0.25) is 5.41 Å². The number of nitrogen functional groups attached to an aromatic ring is 1. The Balaban J connectivity index is 2.01. The molecule has 2 aromatic rings. The highest BCUT2D eigenvalue weighted by molar-refractivity contribution is 6.30. The Morgan fingerprint density at radius 1 is 1.21 bits per heavy atom. The van der Waals surface area contributed by atoms with Crippen LogP contribution < -0.4 is 11.1 Å². The van der Waals surface area contributed by atoms with E-state index in [4.69, 9.17) is 22.7 Å². The summed E-state index contributed by atoms with van der Waals surface area (Å²) in [5, 5.41) is 11.8. The molecule has 0 heterocycles. The summed E-state index contributed by atoms with van der Waals surface area (Å²) in [6.07, 6.45) is 0. The highest BCUT2D eigenvalue weighted by Crippen LogP contribution is 2.13. The van der Waals surface area contributed by atoms with E-state index in [1.165, 1.54) is 0 Å². The molecule has 2 aromatic carbocycles. The van der Waals surface area contributed by atoms with Crippen LogP contribution in [0.25, 0.3) is 0 Å². The molecular weight excluding hydrogens is 258 g/mol. The monoisotopic (exact) mass is 273 g/mol.